The van der Waals surface area contributed by atoms with Gasteiger partial charge in [0, 0.05) is 6.20 Å². The van der Waals surface area contributed by atoms with Gasteiger partial charge in [-0.15, -0.1) is 0 Å². The van der Waals surface area contributed by atoms with Crippen molar-refractivity contribution in [1.82, 2.24) is 4.98 Å². The molecule has 0 spiro atoms. The molecule has 0 saturated heterocycles. The Morgan fingerprint density at radius 2 is 2.11 bits per heavy atom. The lowest BCUT2D eigenvalue weighted by molar-refractivity contribution is 0.473. The monoisotopic (exact) mass is 262 g/mol. The molecule has 0 bridgehead atoms. The standard InChI is InChI=1S/C13H11FN2OS/c1-8-11(3-2-6-16-8)17-12-5-4-9(14)7-10(12)13(15)18/h2-7H,1H3,(H2,15,18). The molecular formula is C13H11FN2OS. The van der Waals surface area contributed by atoms with E-state index in [0.717, 1.165) is 5.69 Å². The minimum atomic E-state index is -0.409. The third kappa shape index (κ3) is 2.62. The smallest absolute Gasteiger partial charge is 0.148 e. The molecule has 2 aromatic rings. The molecule has 0 aliphatic heterocycles. The number of pyridine rings is 1. The Labute approximate surface area is 109 Å². The van der Waals surface area contributed by atoms with E-state index in [2.05, 4.69) is 4.98 Å². The number of ether oxygens (including phenoxy) is 1. The van der Waals surface area contributed by atoms with Crippen LogP contribution in [0.15, 0.2) is 36.5 Å². The molecule has 0 radical (unpaired) electrons. The Morgan fingerprint density at radius 3 is 2.78 bits per heavy atom. The van der Waals surface area contributed by atoms with Gasteiger partial charge in [-0.05, 0) is 37.3 Å². The SMILES string of the molecule is Cc1ncccc1Oc1ccc(F)cc1C(N)=S. The Bertz CT molecular complexity index is 601. The van der Waals surface area contributed by atoms with Crippen LogP contribution in [0.5, 0.6) is 11.5 Å². The molecule has 0 amide bonds. The molecule has 18 heavy (non-hydrogen) atoms. The molecule has 0 saturated carbocycles. The zero-order chi connectivity index (χ0) is 13.1. The molecule has 3 nitrogen and oxygen atoms in total. The molecular weight excluding hydrogens is 251 g/mol. The minimum absolute atomic E-state index is 0.0889. The maximum absolute atomic E-state index is 13.1. The first-order chi connectivity index (χ1) is 8.58. The number of nitrogens with zero attached hydrogens (tertiary/aromatic N) is 1. The van der Waals surface area contributed by atoms with E-state index in [1.807, 2.05) is 6.92 Å². The zero-order valence-corrected chi connectivity index (χ0v) is 10.5. The molecule has 2 rings (SSSR count). The van der Waals surface area contributed by atoms with E-state index in [9.17, 15) is 4.39 Å². The van der Waals surface area contributed by atoms with E-state index in [-0.39, 0.29) is 4.99 Å². The molecule has 1 aromatic carbocycles. The highest BCUT2D eigenvalue weighted by molar-refractivity contribution is 7.80. The molecule has 0 aliphatic rings. The van der Waals surface area contributed by atoms with Crippen LogP contribution in [0.1, 0.15) is 11.3 Å². The van der Waals surface area contributed by atoms with Gasteiger partial charge < -0.3 is 10.5 Å². The average molecular weight is 262 g/mol. The fraction of sp³-hybridized carbons (Fsp3) is 0.0769. The Hall–Kier alpha value is -2.01. The Balaban J connectivity index is 2.41. The quantitative estimate of drug-likeness (QED) is 0.864. The summed E-state index contributed by atoms with van der Waals surface area (Å²) in [5, 5.41) is 0. The number of thiocarbonyl (C=S) groups is 1. The first-order valence-corrected chi connectivity index (χ1v) is 5.67. The highest BCUT2D eigenvalue weighted by Crippen LogP contribution is 2.27. The van der Waals surface area contributed by atoms with Gasteiger partial charge in [0.05, 0.1) is 11.3 Å². The number of benzene rings is 1. The van der Waals surface area contributed by atoms with Gasteiger partial charge in [-0.2, -0.15) is 0 Å². The lowest BCUT2D eigenvalue weighted by Gasteiger charge is -2.11. The molecule has 0 fully saturated rings. The summed E-state index contributed by atoms with van der Waals surface area (Å²) in [5.74, 6) is 0.592. The summed E-state index contributed by atoms with van der Waals surface area (Å²) in [5.41, 5.74) is 6.65. The maximum Gasteiger partial charge on any atom is 0.148 e. The fourth-order valence-electron chi connectivity index (χ4n) is 1.48. The molecule has 1 aromatic heterocycles. The van der Waals surface area contributed by atoms with Gasteiger partial charge in [-0.25, -0.2) is 4.39 Å². The summed E-state index contributed by atoms with van der Waals surface area (Å²) in [6, 6.07) is 7.57. The van der Waals surface area contributed by atoms with Gasteiger partial charge in [0.15, 0.2) is 0 Å². The van der Waals surface area contributed by atoms with Crippen molar-refractivity contribution >= 4 is 17.2 Å². The highest BCUT2D eigenvalue weighted by Gasteiger charge is 2.10. The van der Waals surface area contributed by atoms with Crippen molar-refractivity contribution < 1.29 is 9.13 Å². The maximum atomic E-state index is 13.1. The fourth-order valence-corrected chi connectivity index (χ4v) is 1.64. The van der Waals surface area contributed by atoms with E-state index in [1.54, 1.807) is 18.3 Å². The number of hydrogen-bond donors (Lipinski definition) is 1. The third-order valence-electron chi connectivity index (χ3n) is 2.39. The van der Waals surface area contributed by atoms with Crippen LogP contribution in [-0.2, 0) is 0 Å². The number of halogens is 1. The summed E-state index contributed by atoms with van der Waals surface area (Å²) in [6.45, 7) is 1.82. The second-order valence-electron chi connectivity index (χ2n) is 3.69. The van der Waals surface area contributed by atoms with Crippen LogP contribution in [0.25, 0.3) is 0 Å². The summed E-state index contributed by atoms with van der Waals surface area (Å²) in [4.78, 5) is 4.19. The lowest BCUT2D eigenvalue weighted by Crippen LogP contribution is -2.11. The molecule has 92 valence electrons. The molecule has 0 unspecified atom stereocenters. The lowest BCUT2D eigenvalue weighted by atomic mass is 10.2. The van der Waals surface area contributed by atoms with Gasteiger partial charge in [-0.1, -0.05) is 12.2 Å². The molecule has 0 aliphatic carbocycles. The first kappa shape index (κ1) is 12.4. The third-order valence-corrected chi connectivity index (χ3v) is 2.61. The van der Waals surface area contributed by atoms with Crippen molar-refractivity contribution in [3.05, 3.63) is 53.6 Å². The van der Waals surface area contributed by atoms with Gasteiger partial charge in [0.25, 0.3) is 0 Å². The molecule has 5 heteroatoms. The predicted molar refractivity (Wildman–Crippen MR) is 71.3 cm³/mol. The number of aryl methyl sites for hydroxylation is 1. The van der Waals surface area contributed by atoms with Crippen molar-refractivity contribution in [2.45, 2.75) is 6.92 Å². The highest BCUT2D eigenvalue weighted by atomic mass is 32.1. The van der Waals surface area contributed by atoms with Crippen molar-refractivity contribution in [2.75, 3.05) is 0 Å². The second kappa shape index (κ2) is 5.10. The van der Waals surface area contributed by atoms with E-state index in [1.165, 1.54) is 18.2 Å². The summed E-state index contributed by atoms with van der Waals surface area (Å²) in [7, 11) is 0. The van der Waals surface area contributed by atoms with Crippen LogP contribution in [0, 0.1) is 12.7 Å². The van der Waals surface area contributed by atoms with Crippen LogP contribution in [0.4, 0.5) is 4.39 Å². The van der Waals surface area contributed by atoms with Gasteiger partial charge in [0.2, 0.25) is 0 Å². The zero-order valence-electron chi connectivity index (χ0n) is 9.68. The summed E-state index contributed by atoms with van der Waals surface area (Å²) >= 11 is 4.87. The minimum Gasteiger partial charge on any atom is -0.455 e. The summed E-state index contributed by atoms with van der Waals surface area (Å²) in [6.07, 6.45) is 1.67. The topological polar surface area (TPSA) is 48.1 Å². The van der Waals surface area contributed by atoms with Crippen LogP contribution in [0.3, 0.4) is 0 Å². The largest absolute Gasteiger partial charge is 0.455 e. The van der Waals surface area contributed by atoms with Crippen molar-refractivity contribution in [3.8, 4) is 11.5 Å². The van der Waals surface area contributed by atoms with Crippen LogP contribution in [0.2, 0.25) is 0 Å². The normalized spacial score (nSPS) is 10.1. The average Bonchev–Trinajstić information content (AvgIpc) is 2.34. The van der Waals surface area contributed by atoms with E-state index >= 15 is 0 Å². The van der Waals surface area contributed by atoms with Crippen molar-refractivity contribution in [1.29, 1.82) is 0 Å². The predicted octanol–water partition coefficient (Wildman–Crippen LogP) is 2.96. The summed E-state index contributed by atoms with van der Waals surface area (Å²) < 4.78 is 18.8. The van der Waals surface area contributed by atoms with Crippen LogP contribution in [-0.4, -0.2) is 9.97 Å². The molecule has 2 N–H and O–H groups in total. The number of nitrogens with two attached hydrogens (primary N) is 1. The van der Waals surface area contributed by atoms with Crippen LogP contribution >= 0.6 is 12.2 Å². The molecule has 0 atom stereocenters. The molecule has 1 heterocycles. The Morgan fingerprint density at radius 1 is 1.33 bits per heavy atom. The second-order valence-corrected chi connectivity index (χ2v) is 4.13. The van der Waals surface area contributed by atoms with E-state index in [0.29, 0.717) is 17.1 Å². The Kier molecular flexibility index (Phi) is 3.53. The van der Waals surface area contributed by atoms with Crippen LogP contribution < -0.4 is 10.5 Å². The van der Waals surface area contributed by atoms with Crippen molar-refractivity contribution in [2.24, 2.45) is 5.73 Å². The van der Waals surface area contributed by atoms with Gasteiger partial charge in [-0.3, -0.25) is 4.98 Å². The number of hydrogen-bond acceptors (Lipinski definition) is 3. The first-order valence-electron chi connectivity index (χ1n) is 5.27. The number of rotatable bonds is 3. The van der Waals surface area contributed by atoms with Gasteiger partial charge in [0.1, 0.15) is 22.3 Å². The van der Waals surface area contributed by atoms with E-state index < -0.39 is 5.82 Å². The number of aromatic nitrogens is 1. The van der Waals surface area contributed by atoms with Gasteiger partial charge >= 0.3 is 0 Å². The van der Waals surface area contributed by atoms with Crippen molar-refractivity contribution in [3.63, 3.8) is 0 Å². The van der Waals surface area contributed by atoms with E-state index in [4.69, 9.17) is 22.7 Å².